The first-order valence-electron chi connectivity index (χ1n) is 6.28. The van der Waals surface area contributed by atoms with Crippen LogP contribution in [0, 0.1) is 6.92 Å². The van der Waals surface area contributed by atoms with Crippen LogP contribution in [0.2, 0.25) is 0 Å². The van der Waals surface area contributed by atoms with Crippen molar-refractivity contribution in [1.29, 1.82) is 0 Å². The number of benzene rings is 1. The van der Waals surface area contributed by atoms with Crippen LogP contribution in [0.1, 0.15) is 5.69 Å². The summed E-state index contributed by atoms with van der Waals surface area (Å²) in [6, 6.07) is 9.56. The third-order valence-corrected chi connectivity index (χ3v) is 2.85. The summed E-state index contributed by atoms with van der Waals surface area (Å²) in [5.74, 6) is 0.388. The summed E-state index contributed by atoms with van der Waals surface area (Å²) >= 11 is 0. The number of methoxy groups -OCH3 is 1. The predicted molar refractivity (Wildman–Crippen MR) is 85.3 cm³/mol. The number of halogens is 1. The van der Waals surface area contributed by atoms with Crippen molar-refractivity contribution < 1.29 is 9.53 Å². The van der Waals surface area contributed by atoms with E-state index in [0.29, 0.717) is 11.6 Å². The monoisotopic (exact) mass is 310 g/mol. The fourth-order valence-corrected chi connectivity index (χ4v) is 1.94. The van der Waals surface area contributed by atoms with Gasteiger partial charge in [0.2, 0.25) is 11.8 Å². The molecule has 114 valence electrons. The zero-order chi connectivity index (χ0) is 14.5. The molecule has 2 rings (SSSR count). The molecule has 7 heteroatoms. The zero-order valence-electron chi connectivity index (χ0n) is 12.2. The van der Waals surface area contributed by atoms with E-state index in [4.69, 9.17) is 4.74 Å². The Morgan fingerprint density at radius 2 is 2.00 bits per heavy atom. The molecule has 2 aromatic rings. The quantitative estimate of drug-likeness (QED) is 0.888. The Balaban J connectivity index is 0.00000220. The van der Waals surface area contributed by atoms with E-state index >= 15 is 0 Å². The molecule has 0 atom stereocenters. The molecule has 0 aliphatic heterocycles. The van der Waals surface area contributed by atoms with Gasteiger partial charge in [0.05, 0.1) is 19.3 Å². The van der Waals surface area contributed by atoms with Crippen LogP contribution in [0.25, 0.3) is 0 Å². The highest BCUT2D eigenvalue weighted by Gasteiger charge is 2.16. The number of aromatic nitrogens is 2. The summed E-state index contributed by atoms with van der Waals surface area (Å²) in [7, 11) is 3.32. The van der Waals surface area contributed by atoms with Crippen molar-refractivity contribution in [2.24, 2.45) is 7.05 Å². The van der Waals surface area contributed by atoms with Crippen LogP contribution in [0.15, 0.2) is 30.3 Å². The van der Waals surface area contributed by atoms with E-state index in [1.54, 1.807) is 18.8 Å². The average molecular weight is 311 g/mol. The van der Waals surface area contributed by atoms with E-state index in [1.807, 2.05) is 37.3 Å². The molecule has 1 aromatic carbocycles. The number of carbonyl (C=O) groups is 1. The second-order valence-electron chi connectivity index (χ2n) is 4.36. The minimum absolute atomic E-state index is 0. The van der Waals surface area contributed by atoms with Gasteiger partial charge in [-0.25, -0.2) is 4.68 Å². The maximum atomic E-state index is 11.9. The maximum Gasteiger partial charge on any atom is 0.243 e. The van der Waals surface area contributed by atoms with Gasteiger partial charge >= 0.3 is 0 Å². The lowest BCUT2D eigenvalue weighted by molar-refractivity contribution is -0.114. The second kappa shape index (κ2) is 7.54. The van der Waals surface area contributed by atoms with Crippen molar-refractivity contribution in [3.05, 3.63) is 36.0 Å². The molecular formula is C14H19ClN4O2. The van der Waals surface area contributed by atoms with Gasteiger partial charge in [-0.3, -0.25) is 4.79 Å². The van der Waals surface area contributed by atoms with Crippen LogP contribution in [-0.4, -0.2) is 29.3 Å². The lowest BCUT2D eigenvalue weighted by Crippen LogP contribution is -2.22. The average Bonchev–Trinajstić information content (AvgIpc) is 2.71. The number of hydrogen-bond acceptors (Lipinski definition) is 4. The summed E-state index contributed by atoms with van der Waals surface area (Å²) < 4.78 is 6.82. The number of carbonyl (C=O) groups excluding carboxylic acids is 1. The first-order valence-corrected chi connectivity index (χ1v) is 6.28. The topological polar surface area (TPSA) is 68.2 Å². The van der Waals surface area contributed by atoms with Crippen molar-refractivity contribution in [3.8, 4) is 5.88 Å². The van der Waals surface area contributed by atoms with Crippen LogP contribution < -0.4 is 15.4 Å². The first-order chi connectivity index (χ1) is 9.61. The third-order valence-electron chi connectivity index (χ3n) is 2.85. The normalized spacial score (nSPS) is 9.67. The second-order valence-corrected chi connectivity index (χ2v) is 4.36. The van der Waals surface area contributed by atoms with E-state index in [0.717, 1.165) is 11.4 Å². The Morgan fingerprint density at radius 1 is 1.33 bits per heavy atom. The highest BCUT2D eigenvalue weighted by molar-refractivity contribution is 5.95. The van der Waals surface area contributed by atoms with Crippen LogP contribution in [0.3, 0.4) is 0 Å². The van der Waals surface area contributed by atoms with Gasteiger partial charge in [-0.15, -0.1) is 12.4 Å². The molecule has 0 fully saturated rings. The van der Waals surface area contributed by atoms with Crippen LogP contribution >= 0.6 is 12.4 Å². The van der Waals surface area contributed by atoms with Crippen LogP contribution in [0.5, 0.6) is 5.88 Å². The number of ether oxygens (including phenoxy) is 1. The molecule has 0 bridgehead atoms. The molecule has 1 aromatic heterocycles. The van der Waals surface area contributed by atoms with Crippen molar-refractivity contribution in [3.63, 3.8) is 0 Å². The van der Waals surface area contributed by atoms with E-state index in [9.17, 15) is 4.79 Å². The lowest BCUT2D eigenvalue weighted by atomic mass is 10.3. The number of aryl methyl sites for hydroxylation is 2. The Bertz CT molecular complexity index is 599. The number of anilines is 2. The molecule has 0 saturated heterocycles. The van der Waals surface area contributed by atoms with Crippen molar-refractivity contribution >= 4 is 29.7 Å². The molecule has 1 amide bonds. The number of nitrogens with zero attached hydrogens (tertiary/aromatic N) is 2. The Morgan fingerprint density at radius 3 is 2.62 bits per heavy atom. The molecule has 0 saturated carbocycles. The van der Waals surface area contributed by atoms with Gasteiger partial charge in [0, 0.05) is 12.7 Å². The molecule has 0 radical (unpaired) electrons. The molecule has 0 aliphatic rings. The number of rotatable bonds is 5. The minimum Gasteiger partial charge on any atom is -0.480 e. The molecule has 0 spiro atoms. The van der Waals surface area contributed by atoms with Gasteiger partial charge in [0.15, 0.2) is 0 Å². The predicted octanol–water partition coefficient (Wildman–Crippen LogP) is 2.21. The number of para-hydroxylation sites is 1. The highest BCUT2D eigenvalue weighted by Crippen LogP contribution is 2.26. The summed E-state index contributed by atoms with van der Waals surface area (Å²) in [5.41, 5.74) is 2.23. The van der Waals surface area contributed by atoms with Gasteiger partial charge in [0.25, 0.3) is 0 Å². The smallest absolute Gasteiger partial charge is 0.243 e. The summed E-state index contributed by atoms with van der Waals surface area (Å²) in [4.78, 5) is 11.9. The summed E-state index contributed by atoms with van der Waals surface area (Å²) in [5, 5.41) is 10.1. The third kappa shape index (κ3) is 4.13. The van der Waals surface area contributed by atoms with Crippen LogP contribution in [-0.2, 0) is 11.8 Å². The molecule has 6 nitrogen and oxygen atoms in total. The molecule has 0 aliphatic carbocycles. The van der Waals surface area contributed by atoms with Crippen molar-refractivity contribution in [2.45, 2.75) is 6.92 Å². The van der Waals surface area contributed by atoms with Gasteiger partial charge in [-0.1, -0.05) is 18.2 Å². The van der Waals surface area contributed by atoms with E-state index < -0.39 is 0 Å². The Hall–Kier alpha value is -2.21. The lowest BCUT2D eigenvalue weighted by Gasteiger charge is -2.08. The largest absolute Gasteiger partial charge is 0.480 e. The Kier molecular flexibility index (Phi) is 6.05. The fourth-order valence-electron chi connectivity index (χ4n) is 1.94. The molecular weight excluding hydrogens is 292 g/mol. The minimum atomic E-state index is -0.150. The van der Waals surface area contributed by atoms with Gasteiger partial charge in [-0.2, -0.15) is 5.10 Å². The molecule has 2 N–H and O–H groups in total. The van der Waals surface area contributed by atoms with Gasteiger partial charge in [0.1, 0.15) is 5.69 Å². The number of amides is 1. The molecule has 0 unspecified atom stereocenters. The number of hydrogen-bond donors (Lipinski definition) is 2. The highest BCUT2D eigenvalue weighted by atomic mass is 35.5. The van der Waals surface area contributed by atoms with E-state index in [1.165, 1.54) is 0 Å². The zero-order valence-corrected chi connectivity index (χ0v) is 13.0. The number of nitrogens with one attached hydrogen (secondary N) is 2. The first kappa shape index (κ1) is 16.8. The maximum absolute atomic E-state index is 11.9. The summed E-state index contributed by atoms with van der Waals surface area (Å²) in [6.07, 6.45) is 0. The SMILES string of the molecule is COc1c(NC(=O)CNc2ccccc2)c(C)nn1C.Cl. The van der Waals surface area contributed by atoms with Gasteiger partial charge < -0.3 is 15.4 Å². The molecule has 1 heterocycles. The van der Waals surface area contributed by atoms with Crippen molar-refractivity contribution in [1.82, 2.24) is 9.78 Å². The standard InChI is InChI=1S/C14H18N4O2.ClH/c1-10-13(14(20-3)18(2)17-10)16-12(19)9-15-11-7-5-4-6-8-11;/h4-8,15H,9H2,1-3H3,(H,16,19);1H. The van der Waals surface area contributed by atoms with Crippen molar-refractivity contribution in [2.75, 3.05) is 24.3 Å². The van der Waals surface area contributed by atoms with E-state index in [-0.39, 0.29) is 24.9 Å². The van der Waals surface area contributed by atoms with Gasteiger partial charge in [-0.05, 0) is 19.1 Å². The summed E-state index contributed by atoms with van der Waals surface area (Å²) in [6.45, 7) is 2.00. The molecule has 21 heavy (non-hydrogen) atoms. The Labute approximate surface area is 129 Å². The van der Waals surface area contributed by atoms with E-state index in [2.05, 4.69) is 15.7 Å². The fraction of sp³-hybridized carbons (Fsp3) is 0.286. The van der Waals surface area contributed by atoms with Crippen LogP contribution in [0.4, 0.5) is 11.4 Å².